The van der Waals surface area contributed by atoms with Gasteiger partial charge in [-0.25, -0.2) is 4.98 Å². The van der Waals surface area contributed by atoms with Crippen molar-refractivity contribution in [1.82, 2.24) is 14.9 Å². The molecule has 0 radical (unpaired) electrons. The van der Waals surface area contributed by atoms with Gasteiger partial charge in [-0.1, -0.05) is 54.1 Å². The first kappa shape index (κ1) is 16.7. The van der Waals surface area contributed by atoms with Gasteiger partial charge in [-0.05, 0) is 37.6 Å². The fraction of sp³-hybridized carbons (Fsp3) is 0.250. The summed E-state index contributed by atoms with van der Waals surface area (Å²) in [6.07, 6.45) is 3.19. The second-order valence-electron chi connectivity index (χ2n) is 5.92. The highest BCUT2D eigenvalue weighted by Gasteiger charge is 2.07. The molecule has 24 heavy (non-hydrogen) atoms. The first-order chi connectivity index (χ1) is 11.7. The maximum atomic E-state index is 5.90. The van der Waals surface area contributed by atoms with Crippen LogP contribution in [0.15, 0.2) is 60.8 Å². The number of hydrogen-bond donors (Lipinski definition) is 1. The summed E-state index contributed by atoms with van der Waals surface area (Å²) < 4.78 is 2.24. The molecule has 4 heteroatoms. The molecule has 1 N–H and O–H groups in total. The van der Waals surface area contributed by atoms with Crippen LogP contribution in [0.25, 0.3) is 11.4 Å². The van der Waals surface area contributed by atoms with Crippen LogP contribution in [0.3, 0.4) is 0 Å². The van der Waals surface area contributed by atoms with Crippen molar-refractivity contribution in [2.75, 3.05) is 6.54 Å². The molecule has 0 unspecified atom stereocenters. The number of imidazole rings is 1. The van der Waals surface area contributed by atoms with Crippen molar-refractivity contribution in [3.8, 4) is 11.4 Å². The Bertz CT molecular complexity index is 763. The van der Waals surface area contributed by atoms with Gasteiger partial charge in [0.15, 0.2) is 0 Å². The molecule has 0 fully saturated rings. The third kappa shape index (κ3) is 4.47. The van der Waals surface area contributed by atoms with Gasteiger partial charge >= 0.3 is 0 Å². The lowest BCUT2D eigenvalue weighted by molar-refractivity contribution is 0.583. The monoisotopic (exact) mass is 339 g/mol. The quantitative estimate of drug-likeness (QED) is 0.633. The molecule has 124 valence electrons. The van der Waals surface area contributed by atoms with Crippen LogP contribution >= 0.6 is 11.6 Å². The summed E-state index contributed by atoms with van der Waals surface area (Å²) in [6, 6.07) is 18.3. The molecule has 0 atom stereocenters. The van der Waals surface area contributed by atoms with Crippen molar-refractivity contribution in [2.24, 2.45) is 0 Å². The number of rotatable bonds is 7. The number of nitrogens with one attached hydrogen (secondary N) is 1. The highest BCUT2D eigenvalue weighted by atomic mass is 35.5. The number of aryl methyl sites for hydroxylation is 2. The maximum Gasteiger partial charge on any atom is 0.140 e. The molecule has 0 spiro atoms. The minimum Gasteiger partial charge on any atom is -0.331 e. The van der Waals surface area contributed by atoms with Crippen LogP contribution in [0.2, 0.25) is 5.02 Å². The average molecular weight is 340 g/mol. The molecule has 0 aliphatic carbocycles. The highest BCUT2D eigenvalue weighted by Crippen LogP contribution is 2.18. The number of hydrogen-bond acceptors (Lipinski definition) is 2. The van der Waals surface area contributed by atoms with Gasteiger partial charge in [0.2, 0.25) is 0 Å². The summed E-state index contributed by atoms with van der Waals surface area (Å²) >= 11 is 5.90. The maximum absolute atomic E-state index is 5.90. The molecule has 2 aromatic carbocycles. The fourth-order valence-corrected chi connectivity index (χ4v) is 2.87. The Morgan fingerprint density at radius 3 is 2.54 bits per heavy atom. The summed E-state index contributed by atoms with van der Waals surface area (Å²) in [6.45, 7) is 4.83. The largest absolute Gasteiger partial charge is 0.331 e. The van der Waals surface area contributed by atoms with Crippen molar-refractivity contribution in [2.45, 2.75) is 26.4 Å². The fourth-order valence-electron chi connectivity index (χ4n) is 2.74. The Labute approximate surface area is 148 Å². The van der Waals surface area contributed by atoms with E-state index in [2.05, 4.69) is 57.5 Å². The zero-order valence-electron chi connectivity index (χ0n) is 13.9. The third-order valence-corrected chi connectivity index (χ3v) is 4.18. The standard InChI is InChI=1S/C20H22ClN3/c1-16-15-24(20(23-16)18-6-3-2-4-7-18)13-5-12-22-14-17-8-10-19(21)11-9-17/h2-4,6-11,15,22H,5,12-14H2,1H3. The molecule has 0 bridgehead atoms. The van der Waals surface area contributed by atoms with Gasteiger partial charge in [-0.2, -0.15) is 0 Å². The zero-order chi connectivity index (χ0) is 16.8. The lowest BCUT2D eigenvalue weighted by Crippen LogP contribution is -2.16. The van der Waals surface area contributed by atoms with Gasteiger partial charge < -0.3 is 9.88 Å². The van der Waals surface area contributed by atoms with E-state index in [-0.39, 0.29) is 0 Å². The minimum absolute atomic E-state index is 0.780. The summed E-state index contributed by atoms with van der Waals surface area (Å²) in [5.74, 6) is 1.05. The summed E-state index contributed by atoms with van der Waals surface area (Å²) in [7, 11) is 0. The lowest BCUT2D eigenvalue weighted by Gasteiger charge is -2.09. The van der Waals surface area contributed by atoms with E-state index >= 15 is 0 Å². The zero-order valence-corrected chi connectivity index (χ0v) is 14.6. The number of nitrogens with zero attached hydrogens (tertiary/aromatic N) is 2. The number of halogens is 1. The molecule has 3 rings (SSSR count). The predicted octanol–water partition coefficient (Wildman–Crippen LogP) is 4.69. The normalized spacial score (nSPS) is 10.9. The first-order valence-electron chi connectivity index (χ1n) is 8.27. The second kappa shape index (κ2) is 8.13. The SMILES string of the molecule is Cc1cn(CCCNCc2ccc(Cl)cc2)c(-c2ccccc2)n1. The molecular weight excluding hydrogens is 318 g/mol. The Kier molecular flexibility index (Phi) is 5.68. The van der Waals surface area contributed by atoms with Gasteiger partial charge in [0.25, 0.3) is 0 Å². The minimum atomic E-state index is 0.780. The van der Waals surface area contributed by atoms with Crippen LogP contribution in [-0.4, -0.2) is 16.1 Å². The summed E-state index contributed by atoms with van der Waals surface area (Å²) in [5.41, 5.74) is 3.48. The van der Waals surface area contributed by atoms with E-state index in [4.69, 9.17) is 11.6 Å². The van der Waals surface area contributed by atoms with Gasteiger partial charge in [-0.3, -0.25) is 0 Å². The molecule has 1 heterocycles. The van der Waals surface area contributed by atoms with Crippen molar-refractivity contribution in [3.05, 3.63) is 77.1 Å². The van der Waals surface area contributed by atoms with E-state index in [1.165, 1.54) is 11.1 Å². The van der Waals surface area contributed by atoms with Crippen molar-refractivity contribution >= 4 is 11.6 Å². The van der Waals surface area contributed by atoms with E-state index in [9.17, 15) is 0 Å². The van der Waals surface area contributed by atoms with Crippen LogP contribution in [-0.2, 0) is 13.1 Å². The molecule has 0 aliphatic heterocycles. The Morgan fingerprint density at radius 1 is 1.04 bits per heavy atom. The van der Waals surface area contributed by atoms with Crippen molar-refractivity contribution in [1.29, 1.82) is 0 Å². The van der Waals surface area contributed by atoms with E-state index < -0.39 is 0 Å². The summed E-state index contributed by atoms with van der Waals surface area (Å²) in [4.78, 5) is 4.67. The van der Waals surface area contributed by atoms with Crippen molar-refractivity contribution in [3.63, 3.8) is 0 Å². The topological polar surface area (TPSA) is 29.9 Å². The predicted molar refractivity (Wildman–Crippen MR) is 100 cm³/mol. The van der Waals surface area contributed by atoms with Gasteiger partial charge in [0.1, 0.15) is 5.82 Å². The lowest BCUT2D eigenvalue weighted by atomic mass is 10.2. The van der Waals surface area contributed by atoms with Crippen LogP contribution in [0.5, 0.6) is 0 Å². The molecule has 0 aliphatic rings. The molecule has 3 nitrogen and oxygen atoms in total. The van der Waals surface area contributed by atoms with Gasteiger partial charge in [0.05, 0.1) is 5.69 Å². The van der Waals surface area contributed by atoms with E-state index in [0.29, 0.717) is 0 Å². The number of benzene rings is 2. The van der Waals surface area contributed by atoms with E-state index in [1.807, 2.05) is 25.1 Å². The Morgan fingerprint density at radius 2 is 1.79 bits per heavy atom. The smallest absolute Gasteiger partial charge is 0.140 e. The average Bonchev–Trinajstić information content (AvgIpc) is 2.98. The van der Waals surface area contributed by atoms with Gasteiger partial charge in [0, 0.05) is 29.9 Å². The Hall–Kier alpha value is -2.10. The molecule has 0 saturated carbocycles. The van der Waals surface area contributed by atoms with Crippen LogP contribution in [0.1, 0.15) is 17.7 Å². The van der Waals surface area contributed by atoms with Crippen molar-refractivity contribution < 1.29 is 0 Å². The van der Waals surface area contributed by atoms with Crippen LogP contribution < -0.4 is 5.32 Å². The first-order valence-corrected chi connectivity index (χ1v) is 8.64. The molecule has 0 amide bonds. The molecule has 1 aromatic heterocycles. The molecule has 3 aromatic rings. The Balaban J connectivity index is 1.51. The highest BCUT2D eigenvalue weighted by molar-refractivity contribution is 6.30. The van der Waals surface area contributed by atoms with Gasteiger partial charge in [-0.15, -0.1) is 0 Å². The molecular formula is C20H22ClN3. The van der Waals surface area contributed by atoms with E-state index in [0.717, 1.165) is 42.6 Å². The molecule has 0 saturated heterocycles. The van der Waals surface area contributed by atoms with Crippen LogP contribution in [0, 0.1) is 6.92 Å². The van der Waals surface area contributed by atoms with E-state index in [1.54, 1.807) is 0 Å². The number of aromatic nitrogens is 2. The summed E-state index contributed by atoms with van der Waals surface area (Å²) in [5, 5.41) is 4.26. The second-order valence-corrected chi connectivity index (χ2v) is 6.36. The van der Waals surface area contributed by atoms with Crippen LogP contribution in [0.4, 0.5) is 0 Å². The third-order valence-electron chi connectivity index (χ3n) is 3.92.